The van der Waals surface area contributed by atoms with Gasteiger partial charge in [0.25, 0.3) is 0 Å². The molecule has 0 bridgehead atoms. The molecule has 2 atom stereocenters. The molecule has 0 unspecified atom stereocenters. The van der Waals surface area contributed by atoms with E-state index in [-0.39, 0.29) is 16.7 Å². The summed E-state index contributed by atoms with van der Waals surface area (Å²) in [4.78, 5) is 12.3. The summed E-state index contributed by atoms with van der Waals surface area (Å²) < 4.78 is 0. The molecule has 1 aliphatic rings. The van der Waals surface area contributed by atoms with Gasteiger partial charge in [-0.05, 0) is 29.6 Å². The Morgan fingerprint density at radius 1 is 1.41 bits per heavy atom. The van der Waals surface area contributed by atoms with Crippen LogP contribution in [0, 0.1) is 16.7 Å². The average Bonchev–Trinajstić information content (AvgIpc) is 3.01. The maximum Gasteiger partial charge on any atom is 0.221 e. The van der Waals surface area contributed by atoms with E-state index in [4.69, 9.17) is 0 Å². The molecule has 0 aromatic carbocycles. The van der Waals surface area contributed by atoms with Crippen molar-refractivity contribution in [2.75, 3.05) is 6.54 Å². The zero-order valence-corrected chi connectivity index (χ0v) is 14.7. The largest absolute Gasteiger partial charge is 0.356 e. The van der Waals surface area contributed by atoms with Gasteiger partial charge in [-0.25, -0.2) is 0 Å². The minimum absolute atomic E-state index is 0.0476. The normalized spacial score (nSPS) is 27.8. The fourth-order valence-electron chi connectivity index (χ4n) is 3.41. The van der Waals surface area contributed by atoms with Crippen LogP contribution in [0.5, 0.6) is 0 Å². The van der Waals surface area contributed by atoms with Crippen molar-refractivity contribution in [3.8, 4) is 0 Å². The third-order valence-electron chi connectivity index (χ3n) is 6.15. The fraction of sp³-hybridized carbons (Fsp3) is 0.875. The maximum absolute atomic E-state index is 12.3. The Morgan fingerprint density at radius 3 is 2.59 bits per heavy atom. The molecule has 2 N–H and O–H groups in total. The Bertz CT molecular complexity index is 523. The molecule has 0 radical (unpaired) electrons. The van der Waals surface area contributed by atoms with Crippen LogP contribution in [0.3, 0.4) is 0 Å². The highest BCUT2D eigenvalue weighted by molar-refractivity contribution is 5.77. The minimum Gasteiger partial charge on any atom is -0.356 e. The van der Waals surface area contributed by atoms with E-state index in [1.165, 1.54) is 6.42 Å². The summed E-state index contributed by atoms with van der Waals surface area (Å²) in [5.41, 5.74) is -0.0295. The van der Waals surface area contributed by atoms with E-state index in [2.05, 4.69) is 53.6 Å². The lowest BCUT2D eigenvalue weighted by Gasteiger charge is -2.41. The van der Waals surface area contributed by atoms with Crippen LogP contribution in [0.25, 0.3) is 0 Å². The molecular formula is C16H29N5O. The first-order valence-corrected chi connectivity index (χ1v) is 8.09. The number of carbonyl (C=O) groups is 1. The van der Waals surface area contributed by atoms with Crippen LogP contribution >= 0.6 is 0 Å². The molecule has 6 heteroatoms. The zero-order chi connectivity index (χ0) is 16.6. The number of tetrazole rings is 1. The van der Waals surface area contributed by atoms with Crippen LogP contribution in [-0.4, -0.2) is 33.1 Å². The highest BCUT2D eigenvalue weighted by atomic mass is 16.1. The van der Waals surface area contributed by atoms with Crippen molar-refractivity contribution in [3.05, 3.63) is 5.82 Å². The number of nitrogens with zero attached hydrogens (tertiary/aromatic N) is 3. The second-order valence-electron chi connectivity index (χ2n) is 8.29. The quantitative estimate of drug-likeness (QED) is 0.875. The number of carbonyl (C=O) groups excluding carboxylic acids is 1. The van der Waals surface area contributed by atoms with Crippen LogP contribution in [-0.2, 0) is 10.2 Å². The molecule has 1 heterocycles. The SMILES string of the molecule is C[C@H]1CC[C@@](C)(CNC(=O)CC(C)(C)c2nn[nH]n2)C1(C)C. The van der Waals surface area contributed by atoms with Gasteiger partial charge < -0.3 is 5.32 Å². The lowest BCUT2D eigenvalue weighted by molar-refractivity contribution is -0.123. The zero-order valence-electron chi connectivity index (χ0n) is 14.7. The van der Waals surface area contributed by atoms with Crippen LogP contribution in [0.4, 0.5) is 0 Å². The molecule has 1 aromatic heterocycles. The average molecular weight is 307 g/mol. The summed E-state index contributed by atoms with van der Waals surface area (Å²) in [7, 11) is 0. The highest BCUT2D eigenvalue weighted by Gasteiger charge is 2.49. The first-order chi connectivity index (χ1) is 10.1. The Kier molecular flexibility index (Phi) is 4.33. The molecule has 1 fully saturated rings. The van der Waals surface area contributed by atoms with Crippen LogP contribution in [0.2, 0.25) is 0 Å². The van der Waals surface area contributed by atoms with E-state index in [1.54, 1.807) is 0 Å². The van der Waals surface area contributed by atoms with Gasteiger partial charge in [0.2, 0.25) is 5.91 Å². The van der Waals surface area contributed by atoms with Gasteiger partial charge in [0.1, 0.15) is 0 Å². The summed E-state index contributed by atoms with van der Waals surface area (Å²) in [6.45, 7) is 13.9. The van der Waals surface area contributed by atoms with Crippen LogP contribution in [0.15, 0.2) is 0 Å². The number of hydrogen-bond donors (Lipinski definition) is 2. The number of hydrogen-bond acceptors (Lipinski definition) is 4. The van der Waals surface area contributed by atoms with E-state index in [0.717, 1.165) is 13.0 Å². The molecule has 6 nitrogen and oxygen atoms in total. The maximum atomic E-state index is 12.3. The Morgan fingerprint density at radius 2 is 2.09 bits per heavy atom. The summed E-state index contributed by atoms with van der Waals surface area (Å²) in [5.74, 6) is 1.31. The van der Waals surface area contributed by atoms with Gasteiger partial charge in [0.05, 0.1) is 0 Å². The lowest BCUT2D eigenvalue weighted by Crippen LogP contribution is -2.44. The first kappa shape index (κ1) is 16.9. The van der Waals surface area contributed by atoms with Crippen molar-refractivity contribution in [2.45, 2.75) is 66.2 Å². The molecule has 0 aliphatic heterocycles. The van der Waals surface area contributed by atoms with Gasteiger partial charge in [-0.2, -0.15) is 5.21 Å². The van der Waals surface area contributed by atoms with E-state index in [1.807, 2.05) is 13.8 Å². The van der Waals surface area contributed by atoms with E-state index < -0.39 is 5.41 Å². The minimum atomic E-state index is -0.420. The second kappa shape index (κ2) is 5.63. The van der Waals surface area contributed by atoms with Crippen molar-refractivity contribution in [1.29, 1.82) is 0 Å². The molecule has 2 rings (SSSR count). The highest BCUT2D eigenvalue weighted by Crippen LogP contribution is 2.55. The smallest absolute Gasteiger partial charge is 0.221 e. The van der Waals surface area contributed by atoms with Gasteiger partial charge in [-0.15, -0.1) is 10.2 Å². The molecule has 1 aromatic rings. The molecule has 124 valence electrons. The van der Waals surface area contributed by atoms with Crippen LogP contribution in [0.1, 0.15) is 66.6 Å². The third kappa shape index (κ3) is 3.01. The molecule has 1 saturated carbocycles. The number of amides is 1. The van der Waals surface area contributed by atoms with Crippen molar-refractivity contribution in [2.24, 2.45) is 16.7 Å². The van der Waals surface area contributed by atoms with E-state index in [0.29, 0.717) is 18.2 Å². The van der Waals surface area contributed by atoms with E-state index >= 15 is 0 Å². The molecule has 1 aliphatic carbocycles. The summed E-state index contributed by atoms with van der Waals surface area (Å²) >= 11 is 0. The first-order valence-electron chi connectivity index (χ1n) is 8.09. The Labute approximate surface area is 132 Å². The van der Waals surface area contributed by atoms with Gasteiger partial charge >= 0.3 is 0 Å². The third-order valence-corrected chi connectivity index (χ3v) is 6.15. The van der Waals surface area contributed by atoms with E-state index in [9.17, 15) is 4.79 Å². The number of aromatic nitrogens is 4. The number of rotatable bonds is 5. The van der Waals surface area contributed by atoms with Crippen molar-refractivity contribution in [1.82, 2.24) is 25.9 Å². The summed E-state index contributed by atoms with van der Waals surface area (Å²) in [5, 5.41) is 17.2. The Balaban J connectivity index is 1.94. The topological polar surface area (TPSA) is 83.6 Å². The number of nitrogens with one attached hydrogen (secondary N) is 2. The van der Waals surface area contributed by atoms with Gasteiger partial charge in [0.15, 0.2) is 5.82 Å². The molecule has 0 saturated heterocycles. The summed E-state index contributed by atoms with van der Waals surface area (Å²) in [6.07, 6.45) is 2.75. The van der Waals surface area contributed by atoms with Gasteiger partial charge in [0, 0.05) is 18.4 Å². The van der Waals surface area contributed by atoms with Crippen molar-refractivity contribution in [3.63, 3.8) is 0 Å². The van der Waals surface area contributed by atoms with Crippen molar-refractivity contribution < 1.29 is 4.79 Å². The lowest BCUT2D eigenvalue weighted by atomic mass is 9.66. The van der Waals surface area contributed by atoms with Crippen LogP contribution < -0.4 is 5.32 Å². The van der Waals surface area contributed by atoms with Crippen molar-refractivity contribution >= 4 is 5.91 Å². The monoisotopic (exact) mass is 307 g/mol. The number of aromatic amines is 1. The molecular weight excluding hydrogens is 278 g/mol. The summed E-state index contributed by atoms with van der Waals surface area (Å²) in [6, 6.07) is 0. The fourth-order valence-corrected chi connectivity index (χ4v) is 3.41. The predicted octanol–water partition coefficient (Wildman–Crippen LogP) is 2.45. The Hall–Kier alpha value is -1.46. The van der Waals surface area contributed by atoms with Gasteiger partial charge in [-0.3, -0.25) is 4.79 Å². The predicted molar refractivity (Wildman–Crippen MR) is 85.1 cm³/mol. The number of H-pyrrole nitrogens is 1. The molecule has 1 amide bonds. The molecule has 0 spiro atoms. The standard InChI is InChI=1S/C16H29N5O/c1-11-7-8-16(6,15(11,4)5)10-17-12(22)9-14(2,3)13-18-20-21-19-13/h11H,7-10H2,1-6H3,(H,17,22)(H,18,19,20,21)/t11-,16-/m0/s1. The second-order valence-corrected chi connectivity index (χ2v) is 8.29. The molecule has 22 heavy (non-hydrogen) atoms. The van der Waals surface area contributed by atoms with Gasteiger partial charge in [-0.1, -0.05) is 46.8 Å².